The summed E-state index contributed by atoms with van der Waals surface area (Å²) in [6.45, 7) is 6.20. The number of nitrogens with zero attached hydrogens (tertiary/aromatic N) is 3. The van der Waals surface area contributed by atoms with Crippen molar-refractivity contribution in [2.24, 2.45) is 0 Å². The van der Waals surface area contributed by atoms with Gasteiger partial charge in [0.25, 0.3) is 0 Å². The predicted octanol–water partition coefficient (Wildman–Crippen LogP) is 4.43. The Morgan fingerprint density at radius 3 is 2.55 bits per heavy atom. The second-order valence-corrected chi connectivity index (χ2v) is 6.20. The molecule has 2 rings (SSSR count). The van der Waals surface area contributed by atoms with Gasteiger partial charge in [0.2, 0.25) is 0 Å². The maximum Gasteiger partial charge on any atom is 0.137 e. The molecular formula is C15H15Cl2N3. The molecule has 0 saturated heterocycles. The quantitative estimate of drug-likeness (QED) is 0.770. The zero-order valence-corrected chi connectivity index (χ0v) is 13.1. The zero-order valence-electron chi connectivity index (χ0n) is 11.6. The summed E-state index contributed by atoms with van der Waals surface area (Å²) in [5, 5.41) is 14.1. The molecule has 5 heteroatoms. The lowest BCUT2D eigenvalue weighted by Gasteiger charge is -2.16. The Balaban J connectivity index is 2.64. The maximum atomic E-state index is 8.98. The highest BCUT2D eigenvalue weighted by atomic mass is 35.5. The molecule has 0 fully saturated rings. The van der Waals surface area contributed by atoms with Crippen molar-refractivity contribution in [2.45, 2.75) is 32.1 Å². The average Bonchev–Trinajstić information content (AvgIpc) is 2.75. The van der Waals surface area contributed by atoms with Crippen LogP contribution in [0, 0.1) is 11.3 Å². The Morgan fingerprint density at radius 2 is 2.05 bits per heavy atom. The van der Waals surface area contributed by atoms with Gasteiger partial charge in [0.15, 0.2) is 0 Å². The molecule has 0 spiro atoms. The largest absolute Gasteiger partial charge is 0.222 e. The molecule has 1 aromatic carbocycles. The zero-order chi connectivity index (χ0) is 14.9. The molecule has 0 amide bonds. The van der Waals surface area contributed by atoms with E-state index in [1.54, 1.807) is 16.8 Å². The topological polar surface area (TPSA) is 41.6 Å². The summed E-state index contributed by atoms with van der Waals surface area (Å²) in [5.74, 6) is 0.309. The Kier molecular flexibility index (Phi) is 4.08. The molecule has 104 valence electrons. The summed E-state index contributed by atoms with van der Waals surface area (Å²) in [6, 6.07) is 9.28. The highest BCUT2D eigenvalue weighted by Crippen LogP contribution is 2.32. The summed E-state index contributed by atoms with van der Waals surface area (Å²) in [6.07, 6.45) is 0. The van der Waals surface area contributed by atoms with Crippen LogP contribution in [0.4, 0.5) is 0 Å². The summed E-state index contributed by atoms with van der Waals surface area (Å²) in [7, 11) is 0. The number of rotatable bonds is 2. The van der Waals surface area contributed by atoms with Crippen molar-refractivity contribution in [3.8, 4) is 11.8 Å². The molecule has 1 aromatic heterocycles. The number of alkyl halides is 1. The molecule has 20 heavy (non-hydrogen) atoms. The maximum absolute atomic E-state index is 8.98. The minimum absolute atomic E-state index is 0.147. The fourth-order valence-corrected chi connectivity index (χ4v) is 2.64. The predicted molar refractivity (Wildman–Crippen MR) is 81.5 cm³/mol. The first-order chi connectivity index (χ1) is 9.38. The molecule has 1 heterocycles. The van der Waals surface area contributed by atoms with Crippen LogP contribution in [-0.2, 0) is 11.3 Å². The smallest absolute Gasteiger partial charge is 0.137 e. The lowest BCUT2D eigenvalue weighted by Crippen LogP contribution is -2.14. The van der Waals surface area contributed by atoms with Crippen LogP contribution in [0.25, 0.3) is 5.69 Å². The van der Waals surface area contributed by atoms with Gasteiger partial charge in [-0.1, -0.05) is 38.4 Å². The fraction of sp³-hybridized carbons (Fsp3) is 0.333. The average molecular weight is 308 g/mol. The molecule has 3 nitrogen and oxygen atoms in total. The SMILES string of the molecule is CC(C)(C)c1nn(-c2cccc(C#N)c2)c(Cl)c1CCl. The second kappa shape index (κ2) is 5.47. The molecule has 0 radical (unpaired) electrons. The number of aromatic nitrogens is 2. The normalized spacial score (nSPS) is 11.4. The number of benzene rings is 1. The van der Waals surface area contributed by atoms with Crippen LogP contribution < -0.4 is 0 Å². The van der Waals surface area contributed by atoms with E-state index >= 15 is 0 Å². The lowest BCUT2D eigenvalue weighted by atomic mass is 9.90. The molecular weight excluding hydrogens is 293 g/mol. The van der Waals surface area contributed by atoms with Gasteiger partial charge in [0.05, 0.1) is 28.9 Å². The van der Waals surface area contributed by atoms with E-state index in [0.29, 0.717) is 16.6 Å². The Hall–Kier alpha value is -1.50. The standard InChI is InChI=1S/C15H15Cl2N3/c1-15(2,3)13-12(8-16)14(17)20(19-13)11-6-4-5-10(7-11)9-18/h4-7H,8H2,1-3H3. The van der Waals surface area contributed by atoms with E-state index < -0.39 is 0 Å². The van der Waals surface area contributed by atoms with Crippen molar-refractivity contribution >= 4 is 23.2 Å². The van der Waals surface area contributed by atoms with Crippen LogP contribution in [-0.4, -0.2) is 9.78 Å². The van der Waals surface area contributed by atoms with Gasteiger partial charge in [-0.25, -0.2) is 4.68 Å². The van der Waals surface area contributed by atoms with E-state index in [1.165, 1.54) is 0 Å². The minimum atomic E-state index is -0.147. The van der Waals surface area contributed by atoms with E-state index in [2.05, 4.69) is 31.9 Å². The third-order valence-electron chi connectivity index (χ3n) is 2.98. The Morgan fingerprint density at radius 1 is 1.35 bits per heavy atom. The van der Waals surface area contributed by atoms with E-state index in [0.717, 1.165) is 16.9 Å². The van der Waals surface area contributed by atoms with Crippen molar-refractivity contribution in [3.05, 3.63) is 46.2 Å². The number of hydrogen-bond donors (Lipinski definition) is 0. The minimum Gasteiger partial charge on any atom is -0.222 e. The van der Waals surface area contributed by atoms with Crippen molar-refractivity contribution in [3.63, 3.8) is 0 Å². The number of hydrogen-bond acceptors (Lipinski definition) is 2. The van der Waals surface area contributed by atoms with Gasteiger partial charge >= 0.3 is 0 Å². The van der Waals surface area contributed by atoms with E-state index in [9.17, 15) is 0 Å². The van der Waals surface area contributed by atoms with Crippen LogP contribution in [0.2, 0.25) is 5.15 Å². The first-order valence-electron chi connectivity index (χ1n) is 6.23. The molecule has 0 aliphatic rings. The van der Waals surface area contributed by atoms with Gasteiger partial charge in [0, 0.05) is 11.0 Å². The van der Waals surface area contributed by atoms with Gasteiger partial charge < -0.3 is 0 Å². The van der Waals surface area contributed by atoms with Gasteiger partial charge in [-0.05, 0) is 18.2 Å². The Labute approximate surface area is 128 Å². The van der Waals surface area contributed by atoms with Gasteiger partial charge in [-0.3, -0.25) is 0 Å². The number of nitriles is 1. The van der Waals surface area contributed by atoms with E-state index in [4.69, 9.17) is 28.5 Å². The van der Waals surface area contributed by atoms with Crippen LogP contribution >= 0.6 is 23.2 Å². The van der Waals surface area contributed by atoms with Crippen molar-refractivity contribution in [1.29, 1.82) is 5.26 Å². The second-order valence-electron chi connectivity index (χ2n) is 5.58. The molecule has 0 aliphatic heterocycles. The van der Waals surface area contributed by atoms with E-state index in [1.807, 2.05) is 12.1 Å². The molecule has 0 N–H and O–H groups in total. The van der Waals surface area contributed by atoms with Crippen molar-refractivity contribution in [1.82, 2.24) is 9.78 Å². The summed E-state index contributed by atoms with van der Waals surface area (Å²) in [4.78, 5) is 0. The summed E-state index contributed by atoms with van der Waals surface area (Å²) >= 11 is 12.4. The van der Waals surface area contributed by atoms with Crippen LogP contribution in [0.5, 0.6) is 0 Å². The summed E-state index contributed by atoms with van der Waals surface area (Å²) < 4.78 is 1.64. The van der Waals surface area contributed by atoms with Gasteiger partial charge in [0.1, 0.15) is 5.15 Å². The monoisotopic (exact) mass is 307 g/mol. The van der Waals surface area contributed by atoms with Crippen LogP contribution in [0.3, 0.4) is 0 Å². The third kappa shape index (κ3) is 2.67. The molecule has 0 atom stereocenters. The molecule has 0 unspecified atom stereocenters. The number of halogens is 2. The van der Waals surface area contributed by atoms with Gasteiger partial charge in [-0.2, -0.15) is 10.4 Å². The first-order valence-corrected chi connectivity index (χ1v) is 7.14. The highest BCUT2D eigenvalue weighted by Gasteiger charge is 2.26. The third-order valence-corrected chi connectivity index (χ3v) is 3.64. The molecule has 0 saturated carbocycles. The molecule has 0 bridgehead atoms. The van der Waals surface area contributed by atoms with Crippen LogP contribution in [0.15, 0.2) is 24.3 Å². The van der Waals surface area contributed by atoms with Crippen molar-refractivity contribution < 1.29 is 0 Å². The van der Waals surface area contributed by atoms with Crippen molar-refractivity contribution in [2.75, 3.05) is 0 Å². The van der Waals surface area contributed by atoms with Gasteiger partial charge in [-0.15, -0.1) is 11.6 Å². The lowest BCUT2D eigenvalue weighted by molar-refractivity contribution is 0.556. The van der Waals surface area contributed by atoms with Crippen LogP contribution in [0.1, 0.15) is 37.6 Å². The summed E-state index contributed by atoms with van der Waals surface area (Å²) in [5.41, 5.74) is 2.89. The Bertz CT molecular complexity index is 675. The van der Waals surface area contributed by atoms with E-state index in [-0.39, 0.29) is 5.41 Å². The molecule has 2 aromatic rings. The highest BCUT2D eigenvalue weighted by molar-refractivity contribution is 6.31. The first kappa shape index (κ1) is 14.9. The molecule has 0 aliphatic carbocycles. The fourth-order valence-electron chi connectivity index (χ4n) is 2.03.